The molecule has 7 nitrogen and oxygen atoms in total. The van der Waals surface area contributed by atoms with E-state index in [9.17, 15) is 9.59 Å². The van der Waals surface area contributed by atoms with E-state index in [4.69, 9.17) is 0 Å². The smallest absolute Gasteiger partial charge is 0.244 e. The van der Waals surface area contributed by atoms with Gasteiger partial charge in [0.05, 0.1) is 0 Å². The highest BCUT2D eigenvalue weighted by Gasteiger charge is 2.18. The molecule has 1 saturated carbocycles. The quantitative estimate of drug-likeness (QED) is 0.209. The lowest BCUT2D eigenvalue weighted by molar-refractivity contribution is -0.128. The molecule has 0 aromatic heterocycles. The summed E-state index contributed by atoms with van der Waals surface area (Å²) in [4.78, 5) is 30.3. The first-order valence-corrected chi connectivity index (χ1v) is 10.3. The van der Waals surface area contributed by atoms with Crippen LogP contribution < -0.4 is 16.0 Å². The van der Waals surface area contributed by atoms with Gasteiger partial charge in [0.25, 0.3) is 0 Å². The second-order valence-electron chi connectivity index (χ2n) is 7.27. The van der Waals surface area contributed by atoms with Gasteiger partial charge in [0.15, 0.2) is 5.96 Å². The van der Waals surface area contributed by atoms with Crippen molar-refractivity contribution < 1.29 is 9.59 Å². The van der Waals surface area contributed by atoms with Gasteiger partial charge < -0.3 is 20.9 Å². The van der Waals surface area contributed by atoms with Crippen LogP contribution in [-0.2, 0) is 9.59 Å². The van der Waals surface area contributed by atoms with E-state index in [0.29, 0.717) is 31.4 Å². The van der Waals surface area contributed by atoms with Crippen LogP contribution in [0.5, 0.6) is 0 Å². The minimum Gasteiger partial charge on any atom is -0.357 e. The van der Waals surface area contributed by atoms with Gasteiger partial charge in [-0.05, 0) is 38.5 Å². The Balaban J connectivity index is 0.00000364. The molecule has 0 aromatic rings. The summed E-state index contributed by atoms with van der Waals surface area (Å²) in [6.45, 7) is 5.76. The average Bonchev–Trinajstić information content (AvgIpc) is 3.18. The Morgan fingerprint density at radius 1 is 0.963 bits per heavy atom. The van der Waals surface area contributed by atoms with Crippen molar-refractivity contribution in [3.8, 4) is 0 Å². The SMILES string of the molecule is CCNC(=NCC(=O)N1CCCC1)NCCNC(=O)CC1CCCCC1.I. The summed E-state index contributed by atoms with van der Waals surface area (Å²) < 4.78 is 0. The fourth-order valence-electron chi connectivity index (χ4n) is 3.66. The maximum Gasteiger partial charge on any atom is 0.244 e. The molecule has 3 N–H and O–H groups in total. The summed E-state index contributed by atoms with van der Waals surface area (Å²) in [5, 5.41) is 9.29. The predicted molar refractivity (Wildman–Crippen MR) is 119 cm³/mol. The molecule has 156 valence electrons. The van der Waals surface area contributed by atoms with Gasteiger partial charge in [-0.3, -0.25) is 9.59 Å². The summed E-state index contributed by atoms with van der Waals surface area (Å²) in [7, 11) is 0. The predicted octanol–water partition coefficient (Wildman–Crippen LogP) is 1.87. The number of aliphatic imine (C=N–C) groups is 1. The van der Waals surface area contributed by atoms with Crippen LogP contribution in [0, 0.1) is 5.92 Å². The largest absolute Gasteiger partial charge is 0.357 e. The summed E-state index contributed by atoms with van der Waals surface area (Å²) in [5.41, 5.74) is 0. The first kappa shape index (κ1) is 24.0. The topological polar surface area (TPSA) is 85.8 Å². The van der Waals surface area contributed by atoms with E-state index in [1.54, 1.807) is 0 Å². The summed E-state index contributed by atoms with van der Waals surface area (Å²) in [6.07, 6.45) is 9.05. The van der Waals surface area contributed by atoms with Crippen molar-refractivity contribution in [2.24, 2.45) is 10.9 Å². The molecule has 1 aliphatic heterocycles. The number of amides is 2. The van der Waals surface area contributed by atoms with Crippen molar-refractivity contribution in [1.82, 2.24) is 20.9 Å². The fraction of sp³-hybridized carbons (Fsp3) is 0.842. The van der Waals surface area contributed by atoms with Crippen LogP contribution in [0.25, 0.3) is 0 Å². The lowest BCUT2D eigenvalue weighted by Crippen LogP contribution is -2.42. The number of rotatable bonds is 8. The van der Waals surface area contributed by atoms with Crippen LogP contribution in [0.15, 0.2) is 4.99 Å². The summed E-state index contributed by atoms with van der Waals surface area (Å²) in [6, 6.07) is 0. The molecule has 8 heteroatoms. The summed E-state index contributed by atoms with van der Waals surface area (Å²) in [5.74, 6) is 1.42. The van der Waals surface area contributed by atoms with E-state index in [2.05, 4.69) is 20.9 Å². The van der Waals surface area contributed by atoms with Crippen LogP contribution in [0.2, 0.25) is 0 Å². The van der Waals surface area contributed by atoms with Crippen LogP contribution in [0.1, 0.15) is 58.3 Å². The van der Waals surface area contributed by atoms with Crippen molar-refractivity contribution in [3.05, 3.63) is 0 Å². The van der Waals surface area contributed by atoms with Crippen molar-refractivity contribution in [1.29, 1.82) is 0 Å². The monoisotopic (exact) mass is 493 g/mol. The third kappa shape index (κ3) is 9.62. The zero-order chi connectivity index (χ0) is 18.6. The molecule has 27 heavy (non-hydrogen) atoms. The van der Waals surface area contributed by atoms with Crippen molar-refractivity contribution in [2.75, 3.05) is 39.3 Å². The van der Waals surface area contributed by atoms with Gasteiger partial charge in [-0.15, -0.1) is 24.0 Å². The molecule has 0 bridgehead atoms. The highest BCUT2D eigenvalue weighted by molar-refractivity contribution is 14.0. The molecule has 1 aliphatic carbocycles. The van der Waals surface area contributed by atoms with E-state index >= 15 is 0 Å². The highest BCUT2D eigenvalue weighted by atomic mass is 127. The third-order valence-electron chi connectivity index (χ3n) is 5.11. The van der Waals surface area contributed by atoms with Gasteiger partial charge >= 0.3 is 0 Å². The molecular formula is C19H36IN5O2. The molecule has 0 unspecified atom stereocenters. The molecule has 0 atom stereocenters. The molecule has 1 heterocycles. The number of carbonyl (C=O) groups is 2. The number of carbonyl (C=O) groups excluding carboxylic acids is 2. The second-order valence-corrected chi connectivity index (χ2v) is 7.27. The van der Waals surface area contributed by atoms with Crippen molar-refractivity contribution in [2.45, 2.75) is 58.3 Å². The standard InChI is InChI=1S/C19H35N5O2.HI/c1-2-20-19(23-15-18(26)24-12-6-7-13-24)22-11-10-21-17(25)14-16-8-4-3-5-9-16;/h16H,2-15H2,1H3,(H,21,25)(H2,20,22,23);1H. The Labute approximate surface area is 180 Å². The Bertz CT molecular complexity index is 475. The lowest BCUT2D eigenvalue weighted by atomic mass is 9.87. The first-order valence-electron chi connectivity index (χ1n) is 10.3. The molecule has 2 rings (SSSR count). The first-order chi connectivity index (χ1) is 12.7. The van der Waals surface area contributed by atoms with E-state index in [1.807, 2.05) is 11.8 Å². The number of hydrogen-bond donors (Lipinski definition) is 3. The van der Waals surface area contributed by atoms with Gasteiger partial charge in [0.2, 0.25) is 11.8 Å². The second kappa shape index (κ2) is 14.0. The molecule has 0 spiro atoms. The summed E-state index contributed by atoms with van der Waals surface area (Å²) >= 11 is 0. The Morgan fingerprint density at radius 3 is 2.30 bits per heavy atom. The average molecular weight is 493 g/mol. The zero-order valence-corrected chi connectivity index (χ0v) is 18.9. The minimum atomic E-state index is 0. The molecule has 2 amide bonds. The molecule has 1 saturated heterocycles. The van der Waals surface area contributed by atoms with Crippen LogP contribution in [0.3, 0.4) is 0 Å². The van der Waals surface area contributed by atoms with E-state index < -0.39 is 0 Å². The third-order valence-corrected chi connectivity index (χ3v) is 5.11. The Kier molecular flexibility index (Phi) is 12.4. The van der Waals surface area contributed by atoms with Crippen LogP contribution in [0.4, 0.5) is 0 Å². The number of likely N-dealkylation sites (tertiary alicyclic amines) is 1. The molecule has 2 fully saturated rings. The lowest BCUT2D eigenvalue weighted by Gasteiger charge is -2.21. The fourth-order valence-corrected chi connectivity index (χ4v) is 3.66. The molecule has 0 aromatic carbocycles. The van der Waals surface area contributed by atoms with E-state index in [-0.39, 0.29) is 42.3 Å². The minimum absolute atomic E-state index is 0. The maximum absolute atomic E-state index is 12.1. The maximum atomic E-state index is 12.1. The van der Waals surface area contributed by atoms with E-state index in [1.165, 1.54) is 32.1 Å². The van der Waals surface area contributed by atoms with Crippen molar-refractivity contribution in [3.63, 3.8) is 0 Å². The number of guanidine groups is 1. The molecule has 2 aliphatic rings. The molecule has 0 radical (unpaired) electrons. The highest BCUT2D eigenvalue weighted by Crippen LogP contribution is 2.25. The van der Waals surface area contributed by atoms with Gasteiger partial charge in [0.1, 0.15) is 6.54 Å². The van der Waals surface area contributed by atoms with Crippen LogP contribution >= 0.6 is 24.0 Å². The number of nitrogens with zero attached hydrogens (tertiary/aromatic N) is 2. The Morgan fingerprint density at radius 2 is 1.63 bits per heavy atom. The molecular weight excluding hydrogens is 457 g/mol. The number of nitrogens with one attached hydrogen (secondary N) is 3. The van der Waals surface area contributed by atoms with Crippen LogP contribution in [-0.4, -0.2) is 61.9 Å². The Hall–Kier alpha value is -1.06. The normalized spacial score (nSPS) is 18.0. The van der Waals surface area contributed by atoms with Gasteiger partial charge in [-0.2, -0.15) is 0 Å². The number of hydrogen-bond acceptors (Lipinski definition) is 3. The van der Waals surface area contributed by atoms with Gasteiger partial charge in [-0.1, -0.05) is 19.3 Å². The zero-order valence-electron chi connectivity index (χ0n) is 16.6. The number of halogens is 1. The van der Waals surface area contributed by atoms with Crippen molar-refractivity contribution >= 4 is 41.8 Å². The van der Waals surface area contributed by atoms with Gasteiger partial charge in [0, 0.05) is 39.1 Å². The van der Waals surface area contributed by atoms with E-state index in [0.717, 1.165) is 32.5 Å². The van der Waals surface area contributed by atoms with Gasteiger partial charge in [-0.25, -0.2) is 4.99 Å².